The number of aromatic amines is 1. The fourth-order valence-corrected chi connectivity index (χ4v) is 5.25. The number of halogens is 1. The maximum atomic E-state index is 13.3. The first-order valence-corrected chi connectivity index (χ1v) is 11.0. The molecule has 0 atom stereocenters. The number of thioether (sulfide) groups is 1. The highest BCUT2D eigenvalue weighted by atomic mass is 32.2. The number of nitrogens with two attached hydrogens (primary N) is 1. The highest BCUT2D eigenvalue weighted by Crippen LogP contribution is 2.36. The minimum atomic E-state index is -0.756. The lowest BCUT2D eigenvalue weighted by atomic mass is 10.0. The van der Waals surface area contributed by atoms with Crippen LogP contribution in [0.5, 0.6) is 0 Å². The SMILES string of the molecule is Cc1sc2nc(SCc3ccc(C(N)=O)cc3[N+](=O)[O-])[nH]c(=O)c2c1-c1ccc(F)cc1. The number of H-pyrrole nitrogens is 1. The summed E-state index contributed by atoms with van der Waals surface area (Å²) in [5, 5.41) is 12.1. The molecule has 162 valence electrons. The molecule has 0 saturated carbocycles. The van der Waals surface area contributed by atoms with Crippen molar-refractivity contribution in [3.63, 3.8) is 0 Å². The predicted octanol–water partition coefficient (Wildman–Crippen LogP) is 4.40. The van der Waals surface area contributed by atoms with Crippen LogP contribution >= 0.6 is 23.1 Å². The van der Waals surface area contributed by atoms with Gasteiger partial charge in [0.1, 0.15) is 10.6 Å². The molecule has 3 N–H and O–H groups in total. The summed E-state index contributed by atoms with van der Waals surface area (Å²) in [6.45, 7) is 1.86. The van der Waals surface area contributed by atoms with Crippen molar-refractivity contribution < 1.29 is 14.1 Å². The largest absolute Gasteiger partial charge is 0.366 e. The summed E-state index contributed by atoms with van der Waals surface area (Å²) in [6.07, 6.45) is 0. The van der Waals surface area contributed by atoms with Gasteiger partial charge in [-0.1, -0.05) is 30.0 Å². The van der Waals surface area contributed by atoms with Gasteiger partial charge in [-0.15, -0.1) is 11.3 Å². The van der Waals surface area contributed by atoms with Crippen LogP contribution < -0.4 is 11.3 Å². The van der Waals surface area contributed by atoms with E-state index in [4.69, 9.17) is 5.73 Å². The van der Waals surface area contributed by atoms with Gasteiger partial charge >= 0.3 is 0 Å². The number of hydrogen-bond donors (Lipinski definition) is 2. The van der Waals surface area contributed by atoms with Crippen LogP contribution in [0.2, 0.25) is 0 Å². The third-order valence-electron chi connectivity index (χ3n) is 4.78. The minimum Gasteiger partial charge on any atom is -0.366 e. The number of benzene rings is 2. The Kier molecular flexibility index (Phi) is 5.76. The Balaban J connectivity index is 1.67. The van der Waals surface area contributed by atoms with Gasteiger partial charge < -0.3 is 10.7 Å². The number of hydrogen-bond acceptors (Lipinski definition) is 7. The second-order valence-corrected chi connectivity index (χ2v) is 9.01. The number of carbonyl (C=O) groups excluding carboxylic acids is 1. The van der Waals surface area contributed by atoms with Crippen molar-refractivity contribution in [2.24, 2.45) is 5.73 Å². The number of nitro groups is 1. The zero-order valence-electron chi connectivity index (χ0n) is 16.5. The van der Waals surface area contributed by atoms with E-state index in [0.29, 0.717) is 32.1 Å². The number of rotatable bonds is 6. The lowest BCUT2D eigenvalue weighted by Gasteiger charge is -2.05. The standard InChI is InChI=1S/C21H15FN4O4S2/c1-10-16(11-4-6-14(22)7-5-11)17-19(28)24-21(25-20(17)32-10)31-9-13-3-2-12(18(23)27)8-15(13)26(29)30/h2-8H,9H2,1H3,(H2,23,27)(H,24,25,28). The van der Waals surface area contributed by atoms with Crippen molar-refractivity contribution in [1.82, 2.24) is 9.97 Å². The third kappa shape index (κ3) is 4.12. The summed E-state index contributed by atoms with van der Waals surface area (Å²) < 4.78 is 13.3. The highest BCUT2D eigenvalue weighted by molar-refractivity contribution is 7.98. The number of nitrogens with zero attached hydrogens (tertiary/aromatic N) is 2. The lowest BCUT2D eigenvalue weighted by molar-refractivity contribution is -0.385. The number of amides is 1. The molecule has 0 spiro atoms. The summed E-state index contributed by atoms with van der Waals surface area (Å²) >= 11 is 2.47. The Bertz CT molecular complexity index is 1430. The van der Waals surface area contributed by atoms with Crippen molar-refractivity contribution in [3.8, 4) is 11.1 Å². The van der Waals surface area contributed by atoms with E-state index in [2.05, 4.69) is 9.97 Å². The number of fused-ring (bicyclic) bond motifs is 1. The van der Waals surface area contributed by atoms with Gasteiger partial charge in [0.15, 0.2) is 5.16 Å². The van der Waals surface area contributed by atoms with Gasteiger partial charge in [0, 0.05) is 33.4 Å². The first kappa shape index (κ1) is 21.7. The number of carbonyl (C=O) groups is 1. The fourth-order valence-electron chi connectivity index (χ4n) is 3.29. The Morgan fingerprint density at radius 1 is 1.28 bits per heavy atom. The quantitative estimate of drug-likeness (QED) is 0.186. The molecule has 32 heavy (non-hydrogen) atoms. The average Bonchev–Trinajstić information content (AvgIpc) is 3.08. The van der Waals surface area contributed by atoms with Gasteiger partial charge in [-0.2, -0.15) is 0 Å². The lowest BCUT2D eigenvalue weighted by Crippen LogP contribution is -2.11. The summed E-state index contributed by atoms with van der Waals surface area (Å²) in [4.78, 5) is 43.6. The number of aryl methyl sites for hydroxylation is 1. The van der Waals surface area contributed by atoms with Crippen LogP contribution in [0.4, 0.5) is 10.1 Å². The van der Waals surface area contributed by atoms with Gasteiger partial charge in [0.25, 0.3) is 11.2 Å². The number of nitrogens with one attached hydrogen (secondary N) is 1. The molecule has 8 nitrogen and oxygen atoms in total. The van der Waals surface area contributed by atoms with Crippen LogP contribution in [0.25, 0.3) is 21.3 Å². The smallest absolute Gasteiger partial charge is 0.274 e. The second kappa shape index (κ2) is 8.52. The Morgan fingerprint density at radius 2 is 2.00 bits per heavy atom. The third-order valence-corrected chi connectivity index (χ3v) is 6.70. The molecule has 1 amide bonds. The zero-order chi connectivity index (χ0) is 23.0. The van der Waals surface area contributed by atoms with Crippen molar-refractivity contribution in [3.05, 3.63) is 84.8 Å². The van der Waals surface area contributed by atoms with Gasteiger partial charge in [-0.05, 0) is 30.7 Å². The van der Waals surface area contributed by atoms with E-state index in [1.54, 1.807) is 12.1 Å². The number of thiophene rings is 1. The molecule has 11 heteroatoms. The van der Waals surface area contributed by atoms with E-state index in [1.807, 2.05) is 6.92 Å². The molecule has 0 fully saturated rings. The van der Waals surface area contributed by atoms with E-state index in [9.17, 15) is 24.1 Å². The molecule has 2 aromatic carbocycles. The first-order chi connectivity index (χ1) is 15.2. The molecule has 0 bridgehead atoms. The van der Waals surface area contributed by atoms with Crippen LogP contribution in [0.15, 0.2) is 52.4 Å². The van der Waals surface area contributed by atoms with Crippen LogP contribution in [-0.4, -0.2) is 20.8 Å². The van der Waals surface area contributed by atoms with E-state index >= 15 is 0 Å². The molecule has 0 unspecified atom stereocenters. The molecule has 0 aliphatic heterocycles. The van der Waals surface area contributed by atoms with Crippen molar-refractivity contribution in [2.75, 3.05) is 0 Å². The number of primary amides is 1. The van der Waals surface area contributed by atoms with Crippen molar-refractivity contribution >= 4 is 44.9 Å². The highest BCUT2D eigenvalue weighted by Gasteiger charge is 2.19. The molecule has 4 rings (SSSR count). The number of aromatic nitrogens is 2. The molecule has 2 heterocycles. The second-order valence-electron chi connectivity index (χ2n) is 6.84. The van der Waals surface area contributed by atoms with Crippen molar-refractivity contribution in [1.29, 1.82) is 0 Å². The van der Waals surface area contributed by atoms with E-state index < -0.39 is 10.8 Å². The normalized spacial score (nSPS) is 11.1. The summed E-state index contributed by atoms with van der Waals surface area (Å²) in [5.74, 6) is -0.970. The Hall–Kier alpha value is -3.57. The van der Waals surface area contributed by atoms with E-state index in [1.165, 1.54) is 35.6 Å². The zero-order valence-corrected chi connectivity index (χ0v) is 18.2. The van der Waals surface area contributed by atoms with Gasteiger partial charge in [-0.3, -0.25) is 19.7 Å². The average molecular weight is 471 g/mol. The monoisotopic (exact) mass is 470 g/mol. The first-order valence-electron chi connectivity index (χ1n) is 9.24. The van der Waals surface area contributed by atoms with Crippen LogP contribution in [-0.2, 0) is 5.75 Å². The fraction of sp³-hybridized carbons (Fsp3) is 0.0952. The minimum absolute atomic E-state index is 0.0424. The van der Waals surface area contributed by atoms with E-state index in [-0.39, 0.29) is 28.4 Å². The Morgan fingerprint density at radius 3 is 2.66 bits per heavy atom. The molecule has 0 saturated heterocycles. The summed E-state index contributed by atoms with van der Waals surface area (Å²) in [7, 11) is 0. The van der Waals surface area contributed by atoms with Crippen LogP contribution in [0, 0.1) is 22.9 Å². The summed E-state index contributed by atoms with van der Waals surface area (Å²) in [5.41, 5.74) is 6.44. The predicted molar refractivity (Wildman–Crippen MR) is 122 cm³/mol. The topological polar surface area (TPSA) is 132 Å². The maximum Gasteiger partial charge on any atom is 0.274 e. The molecular weight excluding hydrogens is 455 g/mol. The molecule has 0 aliphatic rings. The molecule has 0 aliphatic carbocycles. The maximum absolute atomic E-state index is 13.3. The molecule has 4 aromatic rings. The van der Waals surface area contributed by atoms with Crippen molar-refractivity contribution in [2.45, 2.75) is 17.8 Å². The molecular formula is C21H15FN4O4S2. The van der Waals surface area contributed by atoms with Gasteiger partial charge in [-0.25, -0.2) is 9.37 Å². The number of nitro benzene ring substituents is 1. The van der Waals surface area contributed by atoms with Crippen LogP contribution in [0.1, 0.15) is 20.8 Å². The van der Waals surface area contributed by atoms with Gasteiger partial charge in [0.05, 0.1) is 10.3 Å². The van der Waals surface area contributed by atoms with Crippen LogP contribution in [0.3, 0.4) is 0 Å². The Labute approximate surface area is 188 Å². The van der Waals surface area contributed by atoms with Gasteiger partial charge in [0.2, 0.25) is 5.91 Å². The van der Waals surface area contributed by atoms with E-state index in [0.717, 1.165) is 22.7 Å². The molecule has 0 radical (unpaired) electrons. The summed E-state index contributed by atoms with van der Waals surface area (Å²) in [6, 6.07) is 9.91. The molecule has 2 aromatic heterocycles.